The maximum Gasteiger partial charge on any atom is 0.323 e. The predicted octanol–water partition coefficient (Wildman–Crippen LogP) is 2.11. The quantitative estimate of drug-likeness (QED) is 0.833. The molecule has 4 heteroatoms. The molecule has 1 rings (SSSR count). The van der Waals surface area contributed by atoms with Gasteiger partial charge in [0.1, 0.15) is 18.4 Å². The SMILES string of the molecule is COc1ccc(COC(=O)[C@H](N)C(C)(C)C)cc1. The van der Waals surface area contributed by atoms with E-state index >= 15 is 0 Å². The maximum absolute atomic E-state index is 11.7. The Bertz CT molecular complexity index is 392. The van der Waals surface area contributed by atoms with Crippen LogP contribution < -0.4 is 10.5 Å². The van der Waals surface area contributed by atoms with E-state index in [4.69, 9.17) is 15.2 Å². The second-order valence-corrected chi connectivity index (χ2v) is 5.30. The van der Waals surface area contributed by atoms with E-state index in [0.29, 0.717) is 0 Å². The van der Waals surface area contributed by atoms with Gasteiger partial charge in [0.25, 0.3) is 0 Å². The molecule has 0 aliphatic heterocycles. The van der Waals surface area contributed by atoms with E-state index in [0.717, 1.165) is 11.3 Å². The molecule has 0 bridgehead atoms. The molecule has 1 aromatic carbocycles. The zero-order chi connectivity index (χ0) is 13.8. The van der Waals surface area contributed by atoms with Crippen molar-refractivity contribution >= 4 is 5.97 Å². The molecule has 0 heterocycles. The highest BCUT2D eigenvalue weighted by Gasteiger charge is 2.28. The average molecular weight is 251 g/mol. The molecule has 0 aliphatic rings. The summed E-state index contributed by atoms with van der Waals surface area (Å²) in [5.74, 6) is 0.398. The molecular weight excluding hydrogens is 230 g/mol. The van der Waals surface area contributed by atoms with Crippen LogP contribution in [-0.4, -0.2) is 19.1 Å². The first-order valence-corrected chi connectivity index (χ1v) is 5.89. The van der Waals surface area contributed by atoms with Crippen LogP contribution in [0, 0.1) is 5.41 Å². The van der Waals surface area contributed by atoms with Crippen molar-refractivity contribution < 1.29 is 14.3 Å². The van der Waals surface area contributed by atoms with Gasteiger partial charge in [-0.25, -0.2) is 0 Å². The Hall–Kier alpha value is -1.55. The predicted molar refractivity (Wildman–Crippen MR) is 70.2 cm³/mol. The lowest BCUT2D eigenvalue weighted by molar-refractivity contribution is -0.149. The van der Waals surface area contributed by atoms with Crippen molar-refractivity contribution in [1.29, 1.82) is 0 Å². The topological polar surface area (TPSA) is 61.5 Å². The summed E-state index contributed by atoms with van der Waals surface area (Å²) in [7, 11) is 1.61. The molecular formula is C14H21NO3. The van der Waals surface area contributed by atoms with Crippen LogP contribution in [0.25, 0.3) is 0 Å². The van der Waals surface area contributed by atoms with Crippen molar-refractivity contribution in [2.75, 3.05) is 7.11 Å². The van der Waals surface area contributed by atoms with Crippen LogP contribution >= 0.6 is 0 Å². The number of carbonyl (C=O) groups excluding carboxylic acids is 1. The molecule has 0 saturated carbocycles. The summed E-state index contributed by atoms with van der Waals surface area (Å²) in [6.07, 6.45) is 0. The fraction of sp³-hybridized carbons (Fsp3) is 0.500. The molecule has 0 fully saturated rings. The highest BCUT2D eigenvalue weighted by molar-refractivity contribution is 5.76. The summed E-state index contributed by atoms with van der Waals surface area (Å²) in [4.78, 5) is 11.7. The zero-order valence-corrected chi connectivity index (χ0v) is 11.4. The zero-order valence-electron chi connectivity index (χ0n) is 11.4. The van der Waals surface area contributed by atoms with Crippen molar-refractivity contribution in [1.82, 2.24) is 0 Å². The van der Waals surface area contributed by atoms with Crippen LogP contribution in [0.3, 0.4) is 0 Å². The summed E-state index contributed by atoms with van der Waals surface area (Å²) in [6, 6.07) is 6.75. The number of esters is 1. The van der Waals surface area contributed by atoms with Gasteiger partial charge in [-0.2, -0.15) is 0 Å². The molecule has 0 saturated heterocycles. The Morgan fingerprint density at radius 1 is 1.28 bits per heavy atom. The highest BCUT2D eigenvalue weighted by Crippen LogP contribution is 2.19. The van der Waals surface area contributed by atoms with E-state index in [9.17, 15) is 4.79 Å². The highest BCUT2D eigenvalue weighted by atomic mass is 16.5. The first-order valence-electron chi connectivity index (χ1n) is 5.89. The van der Waals surface area contributed by atoms with Gasteiger partial charge in [0, 0.05) is 0 Å². The van der Waals surface area contributed by atoms with Gasteiger partial charge in [0.15, 0.2) is 0 Å². The number of carbonyl (C=O) groups is 1. The van der Waals surface area contributed by atoms with Gasteiger partial charge in [0.05, 0.1) is 7.11 Å². The Kier molecular flexibility index (Phi) is 4.73. The van der Waals surface area contributed by atoms with E-state index in [1.54, 1.807) is 7.11 Å². The molecule has 18 heavy (non-hydrogen) atoms. The van der Waals surface area contributed by atoms with E-state index < -0.39 is 6.04 Å². The molecule has 1 aromatic rings. The maximum atomic E-state index is 11.7. The monoisotopic (exact) mass is 251 g/mol. The Balaban J connectivity index is 2.52. The van der Waals surface area contributed by atoms with Crippen LogP contribution in [0.2, 0.25) is 0 Å². The molecule has 4 nitrogen and oxygen atoms in total. The molecule has 0 aromatic heterocycles. The van der Waals surface area contributed by atoms with E-state index in [-0.39, 0.29) is 18.0 Å². The third-order valence-electron chi connectivity index (χ3n) is 2.73. The van der Waals surface area contributed by atoms with Crippen LogP contribution in [0.15, 0.2) is 24.3 Å². The van der Waals surface area contributed by atoms with Crippen molar-refractivity contribution in [2.24, 2.45) is 11.1 Å². The molecule has 0 spiro atoms. The smallest absolute Gasteiger partial charge is 0.323 e. The summed E-state index contributed by atoms with van der Waals surface area (Å²) >= 11 is 0. The third-order valence-corrected chi connectivity index (χ3v) is 2.73. The fourth-order valence-corrected chi connectivity index (χ4v) is 1.32. The average Bonchev–Trinajstić information content (AvgIpc) is 2.34. The first-order chi connectivity index (χ1) is 8.34. The summed E-state index contributed by atoms with van der Waals surface area (Å²) in [6.45, 7) is 5.96. The second kappa shape index (κ2) is 5.87. The van der Waals surface area contributed by atoms with Crippen molar-refractivity contribution in [2.45, 2.75) is 33.4 Å². The van der Waals surface area contributed by atoms with E-state index in [2.05, 4.69) is 0 Å². The van der Waals surface area contributed by atoms with Gasteiger partial charge in [-0.15, -0.1) is 0 Å². The fourth-order valence-electron chi connectivity index (χ4n) is 1.32. The van der Waals surface area contributed by atoms with Crippen LogP contribution in [0.4, 0.5) is 0 Å². The normalized spacial score (nSPS) is 12.9. The van der Waals surface area contributed by atoms with Crippen LogP contribution in [0.5, 0.6) is 5.75 Å². The van der Waals surface area contributed by atoms with Gasteiger partial charge < -0.3 is 15.2 Å². The Labute approximate surface area is 108 Å². The molecule has 0 radical (unpaired) electrons. The minimum atomic E-state index is -0.615. The number of hydrogen-bond acceptors (Lipinski definition) is 4. The molecule has 0 unspecified atom stereocenters. The summed E-state index contributed by atoms with van der Waals surface area (Å²) < 4.78 is 10.2. The molecule has 0 aliphatic carbocycles. The van der Waals surface area contributed by atoms with E-state index in [1.165, 1.54) is 0 Å². The minimum Gasteiger partial charge on any atom is -0.497 e. The Morgan fingerprint density at radius 2 is 1.83 bits per heavy atom. The lowest BCUT2D eigenvalue weighted by atomic mass is 9.87. The van der Waals surface area contributed by atoms with Gasteiger partial charge in [-0.3, -0.25) is 4.79 Å². The minimum absolute atomic E-state index is 0.229. The van der Waals surface area contributed by atoms with Gasteiger partial charge in [0.2, 0.25) is 0 Å². The lowest BCUT2D eigenvalue weighted by Crippen LogP contribution is -2.43. The number of benzene rings is 1. The largest absolute Gasteiger partial charge is 0.497 e. The number of hydrogen-bond donors (Lipinski definition) is 1. The van der Waals surface area contributed by atoms with Crippen molar-refractivity contribution in [3.05, 3.63) is 29.8 Å². The molecule has 0 amide bonds. The second-order valence-electron chi connectivity index (χ2n) is 5.30. The Morgan fingerprint density at radius 3 is 2.28 bits per heavy atom. The van der Waals surface area contributed by atoms with Gasteiger partial charge in [-0.05, 0) is 23.1 Å². The van der Waals surface area contributed by atoms with Gasteiger partial charge in [-0.1, -0.05) is 32.9 Å². The third kappa shape index (κ3) is 4.04. The standard InChI is InChI=1S/C14H21NO3/c1-14(2,3)12(15)13(16)18-9-10-5-7-11(17-4)8-6-10/h5-8,12H,9,15H2,1-4H3/t12-/m0/s1. The summed E-state index contributed by atoms with van der Waals surface area (Å²) in [5.41, 5.74) is 6.42. The number of nitrogens with two attached hydrogens (primary N) is 1. The summed E-state index contributed by atoms with van der Waals surface area (Å²) in [5, 5.41) is 0. The molecule has 1 atom stereocenters. The lowest BCUT2D eigenvalue weighted by Gasteiger charge is -2.24. The van der Waals surface area contributed by atoms with Gasteiger partial charge >= 0.3 is 5.97 Å². The van der Waals surface area contributed by atoms with E-state index in [1.807, 2.05) is 45.0 Å². The van der Waals surface area contributed by atoms with Crippen molar-refractivity contribution in [3.8, 4) is 5.75 Å². The van der Waals surface area contributed by atoms with Crippen LogP contribution in [0.1, 0.15) is 26.3 Å². The number of methoxy groups -OCH3 is 1. The first kappa shape index (κ1) is 14.5. The molecule has 2 N–H and O–H groups in total. The number of ether oxygens (including phenoxy) is 2. The van der Waals surface area contributed by atoms with Crippen LogP contribution in [-0.2, 0) is 16.1 Å². The number of rotatable bonds is 4. The molecule has 100 valence electrons. The van der Waals surface area contributed by atoms with Crippen molar-refractivity contribution in [3.63, 3.8) is 0 Å².